The Hall–Kier alpha value is -2.13. The highest BCUT2D eigenvalue weighted by molar-refractivity contribution is 5.94. The Morgan fingerprint density at radius 1 is 1.00 bits per heavy atom. The number of rotatable bonds is 5. The van der Waals surface area contributed by atoms with Crippen molar-refractivity contribution in [2.75, 3.05) is 6.54 Å². The van der Waals surface area contributed by atoms with Gasteiger partial charge in [0, 0.05) is 18.2 Å². The Morgan fingerprint density at radius 3 is 2.46 bits per heavy atom. The smallest absolute Gasteiger partial charge is 0.254 e. The first-order valence-electron chi connectivity index (χ1n) is 8.82. The van der Waals surface area contributed by atoms with E-state index in [-0.39, 0.29) is 12.5 Å². The molecule has 0 aliphatic carbocycles. The standard InChI is InChI=1S/C21H25NO2/c23-16-18-9-12-19(13-10-18)21(24)22-15-5-4-8-20(22)14-11-17-6-2-1-3-7-17/h1-3,6-7,9-10,12-13,20,23H,4-5,8,11,14-16H2/t20-/m1/s1. The Bertz CT molecular complexity index is 651. The van der Waals surface area contributed by atoms with E-state index in [4.69, 9.17) is 5.11 Å². The summed E-state index contributed by atoms with van der Waals surface area (Å²) in [4.78, 5) is 14.9. The number of carbonyl (C=O) groups is 1. The van der Waals surface area contributed by atoms with Crippen molar-refractivity contribution in [3.05, 3.63) is 71.3 Å². The third kappa shape index (κ3) is 4.04. The summed E-state index contributed by atoms with van der Waals surface area (Å²) in [7, 11) is 0. The largest absolute Gasteiger partial charge is 0.392 e. The van der Waals surface area contributed by atoms with Crippen LogP contribution in [0.5, 0.6) is 0 Å². The van der Waals surface area contributed by atoms with Gasteiger partial charge in [-0.1, -0.05) is 42.5 Å². The van der Waals surface area contributed by atoms with Crippen LogP contribution in [0.1, 0.15) is 47.2 Å². The van der Waals surface area contributed by atoms with Gasteiger partial charge in [0.15, 0.2) is 0 Å². The van der Waals surface area contributed by atoms with Crippen molar-refractivity contribution in [1.29, 1.82) is 0 Å². The molecule has 1 aliphatic heterocycles. The number of amides is 1. The molecule has 1 fully saturated rings. The molecule has 3 heteroatoms. The number of hydrogen-bond acceptors (Lipinski definition) is 2. The molecule has 1 atom stereocenters. The van der Waals surface area contributed by atoms with Crippen LogP contribution in [0.15, 0.2) is 54.6 Å². The van der Waals surface area contributed by atoms with Gasteiger partial charge in [0.25, 0.3) is 5.91 Å². The van der Waals surface area contributed by atoms with Gasteiger partial charge >= 0.3 is 0 Å². The summed E-state index contributed by atoms with van der Waals surface area (Å²) in [5, 5.41) is 9.14. The minimum absolute atomic E-state index is 0.0118. The van der Waals surface area contributed by atoms with Gasteiger partial charge in [0.2, 0.25) is 0 Å². The van der Waals surface area contributed by atoms with E-state index in [0.717, 1.165) is 43.4 Å². The van der Waals surface area contributed by atoms with E-state index >= 15 is 0 Å². The number of aryl methyl sites for hydroxylation is 1. The zero-order valence-electron chi connectivity index (χ0n) is 14.0. The van der Waals surface area contributed by atoms with Gasteiger partial charge in [-0.15, -0.1) is 0 Å². The topological polar surface area (TPSA) is 40.5 Å². The molecule has 2 aromatic rings. The normalized spacial score (nSPS) is 17.7. The maximum atomic E-state index is 12.9. The number of aliphatic hydroxyl groups is 1. The molecule has 24 heavy (non-hydrogen) atoms. The van der Waals surface area contributed by atoms with Gasteiger partial charge in [-0.25, -0.2) is 0 Å². The molecule has 126 valence electrons. The van der Waals surface area contributed by atoms with E-state index in [1.54, 1.807) is 0 Å². The molecule has 1 aliphatic rings. The number of hydrogen-bond donors (Lipinski definition) is 1. The van der Waals surface area contributed by atoms with E-state index in [1.165, 1.54) is 12.0 Å². The van der Waals surface area contributed by atoms with Gasteiger partial charge in [0.1, 0.15) is 0 Å². The number of likely N-dealkylation sites (tertiary alicyclic amines) is 1. The summed E-state index contributed by atoms with van der Waals surface area (Å²) >= 11 is 0. The van der Waals surface area contributed by atoms with Crippen LogP contribution in [-0.4, -0.2) is 28.5 Å². The van der Waals surface area contributed by atoms with Crippen LogP contribution in [0.4, 0.5) is 0 Å². The molecule has 1 heterocycles. The fraction of sp³-hybridized carbons (Fsp3) is 0.381. The minimum atomic E-state index is 0.0118. The van der Waals surface area contributed by atoms with Crippen LogP contribution >= 0.6 is 0 Å². The van der Waals surface area contributed by atoms with Crippen LogP contribution < -0.4 is 0 Å². The second-order valence-corrected chi connectivity index (χ2v) is 6.53. The van der Waals surface area contributed by atoms with Crippen molar-refractivity contribution in [2.45, 2.75) is 44.8 Å². The second-order valence-electron chi connectivity index (χ2n) is 6.53. The first-order valence-corrected chi connectivity index (χ1v) is 8.82. The van der Waals surface area contributed by atoms with Crippen LogP contribution in [0.2, 0.25) is 0 Å². The third-order valence-electron chi connectivity index (χ3n) is 4.88. The van der Waals surface area contributed by atoms with Gasteiger partial charge in [-0.2, -0.15) is 0 Å². The first-order chi connectivity index (χ1) is 11.8. The molecule has 3 nitrogen and oxygen atoms in total. The highest BCUT2D eigenvalue weighted by atomic mass is 16.3. The number of carbonyl (C=O) groups excluding carboxylic acids is 1. The molecule has 2 aromatic carbocycles. The molecular formula is C21H25NO2. The van der Waals surface area contributed by atoms with Crippen molar-refractivity contribution in [3.8, 4) is 0 Å². The summed E-state index contributed by atoms with van der Waals surface area (Å²) in [5.74, 6) is 0.122. The molecular weight excluding hydrogens is 298 g/mol. The van der Waals surface area contributed by atoms with Gasteiger partial charge in [0.05, 0.1) is 6.61 Å². The lowest BCUT2D eigenvalue weighted by atomic mass is 9.95. The number of piperidine rings is 1. The lowest BCUT2D eigenvalue weighted by molar-refractivity contribution is 0.0602. The number of aliphatic hydroxyl groups excluding tert-OH is 1. The molecule has 3 rings (SSSR count). The predicted molar refractivity (Wildman–Crippen MR) is 95.8 cm³/mol. The average molecular weight is 323 g/mol. The number of benzene rings is 2. The Kier molecular flexibility index (Phi) is 5.65. The first kappa shape index (κ1) is 16.7. The minimum Gasteiger partial charge on any atom is -0.392 e. The predicted octanol–water partition coefficient (Wildman–Crippen LogP) is 3.81. The van der Waals surface area contributed by atoms with E-state index in [9.17, 15) is 4.79 Å². The Labute approximate surface area is 143 Å². The third-order valence-corrected chi connectivity index (χ3v) is 4.88. The SMILES string of the molecule is O=C(c1ccc(CO)cc1)N1CCCC[C@@H]1CCc1ccccc1. The lowest BCUT2D eigenvalue weighted by Gasteiger charge is -2.36. The molecule has 0 spiro atoms. The van der Waals surface area contributed by atoms with Crippen LogP contribution in [-0.2, 0) is 13.0 Å². The zero-order valence-corrected chi connectivity index (χ0v) is 14.0. The summed E-state index contributed by atoms with van der Waals surface area (Å²) < 4.78 is 0. The molecule has 0 aromatic heterocycles. The van der Waals surface area contributed by atoms with Crippen molar-refractivity contribution >= 4 is 5.91 Å². The summed E-state index contributed by atoms with van der Waals surface area (Å²) in [5.41, 5.74) is 2.90. The van der Waals surface area contributed by atoms with Crippen LogP contribution in [0.3, 0.4) is 0 Å². The fourth-order valence-electron chi connectivity index (χ4n) is 3.46. The van der Waals surface area contributed by atoms with Crippen molar-refractivity contribution in [2.24, 2.45) is 0 Å². The van der Waals surface area contributed by atoms with Gasteiger partial charge in [-0.05, 0) is 55.4 Å². The second kappa shape index (κ2) is 8.11. The van der Waals surface area contributed by atoms with Crippen molar-refractivity contribution < 1.29 is 9.90 Å². The monoisotopic (exact) mass is 323 g/mol. The molecule has 0 saturated carbocycles. The molecule has 0 unspecified atom stereocenters. The van der Waals surface area contributed by atoms with Crippen molar-refractivity contribution in [1.82, 2.24) is 4.90 Å². The average Bonchev–Trinajstić information content (AvgIpc) is 2.67. The zero-order chi connectivity index (χ0) is 16.8. The van der Waals surface area contributed by atoms with E-state index in [1.807, 2.05) is 30.3 Å². The van der Waals surface area contributed by atoms with E-state index in [2.05, 4.69) is 29.2 Å². The number of nitrogens with zero attached hydrogens (tertiary/aromatic N) is 1. The highest BCUT2D eigenvalue weighted by Crippen LogP contribution is 2.23. The van der Waals surface area contributed by atoms with Gasteiger partial charge in [-0.3, -0.25) is 4.79 Å². The maximum Gasteiger partial charge on any atom is 0.254 e. The fourth-order valence-corrected chi connectivity index (χ4v) is 3.46. The molecule has 1 saturated heterocycles. The summed E-state index contributed by atoms with van der Waals surface area (Å²) in [6.07, 6.45) is 5.41. The van der Waals surface area contributed by atoms with E-state index in [0.29, 0.717) is 6.04 Å². The van der Waals surface area contributed by atoms with Crippen LogP contribution in [0, 0.1) is 0 Å². The van der Waals surface area contributed by atoms with E-state index < -0.39 is 0 Å². The quantitative estimate of drug-likeness (QED) is 0.909. The maximum absolute atomic E-state index is 12.9. The summed E-state index contributed by atoms with van der Waals surface area (Å²) in [6.45, 7) is 0.859. The Balaban J connectivity index is 1.67. The van der Waals surface area contributed by atoms with Crippen molar-refractivity contribution in [3.63, 3.8) is 0 Å². The highest BCUT2D eigenvalue weighted by Gasteiger charge is 2.27. The Morgan fingerprint density at radius 2 is 1.75 bits per heavy atom. The molecule has 0 radical (unpaired) electrons. The van der Waals surface area contributed by atoms with Gasteiger partial charge < -0.3 is 10.0 Å². The van der Waals surface area contributed by atoms with Crippen LogP contribution in [0.25, 0.3) is 0 Å². The lowest BCUT2D eigenvalue weighted by Crippen LogP contribution is -2.44. The molecule has 1 N–H and O–H groups in total. The summed E-state index contributed by atoms with van der Waals surface area (Å²) in [6, 6.07) is 18.1. The molecule has 1 amide bonds. The molecule has 0 bridgehead atoms.